The molecule has 1 fully saturated rings. The van der Waals surface area contributed by atoms with E-state index in [4.69, 9.17) is 16.9 Å². The van der Waals surface area contributed by atoms with Crippen molar-refractivity contribution in [2.24, 2.45) is 0 Å². The summed E-state index contributed by atoms with van der Waals surface area (Å²) in [6, 6.07) is 7.66. The molecule has 0 aliphatic carbocycles. The number of piperazine rings is 1. The third-order valence-electron chi connectivity index (χ3n) is 3.49. The Morgan fingerprint density at radius 2 is 1.89 bits per heavy atom. The van der Waals surface area contributed by atoms with E-state index in [1.165, 1.54) is 0 Å². The Morgan fingerprint density at radius 1 is 1.22 bits per heavy atom. The normalized spacial score (nSPS) is 17.6. The summed E-state index contributed by atoms with van der Waals surface area (Å²) in [7, 11) is 0. The first-order chi connectivity index (χ1) is 8.72. The summed E-state index contributed by atoms with van der Waals surface area (Å²) >= 11 is 6.20. The van der Waals surface area contributed by atoms with Gasteiger partial charge in [-0.15, -0.1) is 0 Å². The van der Waals surface area contributed by atoms with Gasteiger partial charge in [0.2, 0.25) is 0 Å². The molecule has 18 heavy (non-hydrogen) atoms. The number of hydrogen-bond acceptors (Lipinski definition) is 3. The van der Waals surface area contributed by atoms with E-state index < -0.39 is 0 Å². The molecule has 0 aromatic heterocycles. The second-order valence-electron chi connectivity index (χ2n) is 4.63. The summed E-state index contributed by atoms with van der Waals surface area (Å²) in [5.41, 5.74) is 1.74. The van der Waals surface area contributed by atoms with Gasteiger partial charge < -0.3 is 4.90 Å². The highest BCUT2D eigenvalue weighted by atomic mass is 35.5. The lowest BCUT2D eigenvalue weighted by Gasteiger charge is -2.34. The topological polar surface area (TPSA) is 30.3 Å². The monoisotopic (exact) mass is 263 g/mol. The number of benzene rings is 1. The maximum Gasteiger partial charge on any atom is 0.0992 e. The lowest BCUT2D eigenvalue weighted by molar-refractivity contribution is 0.132. The van der Waals surface area contributed by atoms with Crippen LogP contribution in [0.2, 0.25) is 5.02 Å². The summed E-state index contributed by atoms with van der Waals surface area (Å²) in [6.45, 7) is 8.64. The van der Waals surface area contributed by atoms with E-state index in [2.05, 4.69) is 22.8 Å². The fourth-order valence-corrected chi connectivity index (χ4v) is 2.49. The smallest absolute Gasteiger partial charge is 0.0992 e. The van der Waals surface area contributed by atoms with Crippen molar-refractivity contribution in [3.63, 3.8) is 0 Å². The molecule has 0 amide bonds. The van der Waals surface area contributed by atoms with E-state index in [0.717, 1.165) is 44.8 Å². The third kappa shape index (κ3) is 3.23. The molecule has 0 atom stereocenters. The lowest BCUT2D eigenvalue weighted by atomic mass is 10.1. The zero-order chi connectivity index (χ0) is 13.0. The van der Waals surface area contributed by atoms with Crippen LogP contribution in [-0.4, -0.2) is 42.5 Å². The van der Waals surface area contributed by atoms with Crippen LogP contribution in [0.3, 0.4) is 0 Å². The quantitative estimate of drug-likeness (QED) is 0.839. The van der Waals surface area contributed by atoms with Gasteiger partial charge in [0.1, 0.15) is 0 Å². The number of nitrogens with zero attached hydrogens (tertiary/aromatic N) is 3. The first-order valence-corrected chi connectivity index (χ1v) is 6.74. The Kier molecular flexibility index (Phi) is 4.60. The average Bonchev–Trinajstić information content (AvgIpc) is 2.42. The molecule has 1 heterocycles. The van der Waals surface area contributed by atoms with Crippen molar-refractivity contribution in [3.05, 3.63) is 34.3 Å². The van der Waals surface area contributed by atoms with Gasteiger partial charge in [-0.2, -0.15) is 5.26 Å². The average molecular weight is 264 g/mol. The number of nitriles is 1. The summed E-state index contributed by atoms with van der Waals surface area (Å²) in [6.07, 6.45) is 0. The molecule has 1 aromatic rings. The van der Waals surface area contributed by atoms with Gasteiger partial charge in [0.15, 0.2) is 0 Å². The molecule has 96 valence electrons. The van der Waals surface area contributed by atoms with Gasteiger partial charge in [-0.3, -0.25) is 4.90 Å². The van der Waals surface area contributed by atoms with Crippen LogP contribution in [0.1, 0.15) is 18.1 Å². The predicted molar refractivity (Wildman–Crippen MR) is 73.6 cm³/mol. The Morgan fingerprint density at radius 3 is 2.44 bits per heavy atom. The van der Waals surface area contributed by atoms with E-state index in [9.17, 15) is 0 Å². The van der Waals surface area contributed by atoms with Gasteiger partial charge in [-0.1, -0.05) is 24.6 Å². The number of rotatable bonds is 3. The summed E-state index contributed by atoms with van der Waals surface area (Å²) in [4.78, 5) is 4.87. The standard InChI is InChI=1S/C14H18ClN3/c1-2-17-5-7-18(8-6-17)11-13-4-3-12(10-16)9-14(13)15/h3-4,9H,2,5-8,11H2,1H3. The Balaban J connectivity index is 1.96. The van der Waals surface area contributed by atoms with Gasteiger partial charge in [-0.05, 0) is 24.2 Å². The highest BCUT2D eigenvalue weighted by Crippen LogP contribution is 2.20. The molecule has 3 nitrogen and oxygen atoms in total. The minimum atomic E-state index is 0.625. The van der Waals surface area contributed by atoms with E-state index in [1.807, 2.05) is 12.1 Å². The largest absolute Gasteiger partial charge is 0.301 e. The molecular formula is C14H18ClN3. The number of hydrogen-bond donors (Lipinski definition) is 0. The van der Waals surface area contributed by atoms with E-state index in [0.29, 0.717) is 10.6 Å². The zero-order valence-corrected chi connectivity index (χ0v) is 11.5. The van der Waals surface area contributed by atoms with Crippen molar-refractivity contribution in [3.8, 4) is 6.07 Å². The van der Waals surface area contributed by atoms with E-state index in [1.54, 1.807) is 6.07 Å². The highest BCUT2D eigenvalue weighted by Gasteiger charge is 2.16. The third-order valence-corrected chi connectivity index (χ3v) is 3.84. The van der Waals surface area contributed by atoms with Crippen molar-refractivity contribution in [1.82, 2.24) is 9.80 Å². The summed E-state index contributed by atoms with van der Waals surface area (Å²) in [5.74, 6) is 0. The fraction of sp³-hybridized carbons (Fsp3) is 0.500. The van der Waals surface area contributed by atoms with Crippen LogP contribution in [0.15, 0.2) is 18.2 Å². The van der Waals surface area contributed by atoms with Crippen molar-refractivity contribution < 1.29 is 0 Å². The molecule has 0 saturated carbocycles. The van der Waals surface area contributed by atoms with Crippen LogP contribution in [-0.2, 0) is 6.54 Å². The first kappa shape index (κ1) is 13.4. The number of likely N-dealkylation sites (N-methyl/N-ethyl adjacent to an activating group) is 1. The second kappa shape index (κ2) is 6.19. The van der Waals surface area contributed by atoms with Gasteiger partial charge in [0, 0.05) is 37.7 Å². The van der Waals surface area contributed by atoms with Crippen LogP contribution < -0.4 is 0 Å². The molecule has 1 saturated heterocycles. The Bertz CT molecular complexity index is 445. The molecule has 1 aromatic carbocycles. The fourth-order valence-electron chi connectivity index (χ4n) is 2.25. The maximum absolute atomic E-state index is 8.81. The van der Waals surface area contributed by atoms with Gasteiger partial charge in [-0.25, -0.2) is 0 Å². The Labute approximate surface area is 114 Å². The predicted octanol–water partition coefficient (Wildman–Crippen LogP) is 2.35. The second-order valence-corrected chi connectivity index (χ2v) is 5.04. The van der Waals surface area contributed by atoms with Gasteiger partial charge >= 0.3 is 0 Å². The van der Waals surface area contributed by atoms with Crippen LogP contribution in [0, 0.1) is 11.3 Å². The molecule has 0 bridgehead atoms. The molecular weight excluding hydrogens is 246 g/mol. The summed E-state index contributed by atoms with van der Waals surface area (Å²) < 4.78 is 0. The number of halogens is 1. The van der Waals surface area contributed by atoms with Crippen LogP contribution in [0.5, 0.6) is 0 Å². The van der Waals surface area contributed by atoms with E-state index >= 15 is 0 Å². The molecule has 0 spiro atoms. The first-order valence-electron chi connectivity index (χ1n) is 6.36. The van der Waals surface area contributed by atoms with Crippen LogP contribution in [0.25, 0.3) is 0 Å². The molecule has 1 aliphatic rings. The van der Waals surface area contributed by atoms with Crippen LogP contribution in [0.4, 0.5) is 0 Å². The molecule has 0 unspecified atom stereocenters. The zero-order valence-electron chi connectivity index (χ0n) is 10.7. The molecule has 2 rings (SSSR count). The minimum Gasteiger partial charge on any atom is -0.301 e. The van der Waals surface area contributed by atoms with E-state index in [-0.39, 0.29) is 0 Å². The van der Waals surface area contributed by atoms with Crippen molar-refractivity contribution >= 4 is 11.6 Å². The van der Waals surface area contributed by atoms with Crippen molar-refractivity contribution in [2.75, 3.05) is 32.7 Å². The Hall–Kier alpha value is -1.08. The SMILES string of the molecule is CCN1CCN(Cc2ccc(C#N)cc2Cl)CC1. The van der Waals surface area contributed by atoms with Gasteiger partial charge in [0.25, 0.3) is 0 Å². The molecule has 1 aliphatic heterocycles. The highest BCUT2D eigenvalue weighted by molar-refractivity contribution is 6.31. The van der Waals surface area contributed by atoms with Crippen molar-refractivity contribution in [2.45, 2.75) is 13.5 Å². The lowest BCUT2D eigenvalue weighted by Crippen LogP contribution is -2.45. The maximum atomic E-state index is 8.81. The summed E-state index contributed by atoms with van der Waals surface area (Å²) in [5, 5.41) is 9.51. The molecule has 4 heteroatoms. The van der Waals surface area contributed by atoms with Crippen LogP contribution >= 0.6 is 11.6 Å². The molecule has 0 N–H and O–H groups in total. The molecule has 0 radical (unpaired) electrons. The minimum absolute atomic E-state index is 0.625. The van der Waals surface area contributed by atoms with Gasteiger partial charge in [0.05, 0.1) is 11.6 Å². The van der Waals surface area contributed by atoms with Crippen molar-refractivity contribution in [1.29, 1.82) is 5.26 Å².